The van der Waals surface area contributed by atoms with E-state index in [9.17, 15) is 0 Å². The summed E-state index contributed by atoms with van der Waals surface area (Å²) in [5, 5.41) is 9.43. The van der Waals surface area contributed by atoms with Crippen LogP contribution in [0.3, 0.4) is 0 Å². The summed E-state index contributed by atoms with van der Waals surface area (Å²) < 4.78 is 7.33. The Labute approximate surface area is 121 Å². The molecule has 3 aromatic rings. The minimum atomic E-state index is 0.840. The maximum Gasteiger partial charge on any atom is 0.191 e. The predicted molar refractivity (Wildman–Crippen MR) is 79.4 cm³/mol. The highest BCUT2D eigenvalue weighted by Gasteiger charge is 2.14. The molecular weight excluding hydrogens is 270 g/mol. The second-order valence-corrected chi connectivity index (χ2v) is 5.47. The van der Waals surface area contributed by atoms with Crippen LogP contribution in [-0.4, -0.2) is 14.8 Å². The van der Waals surface area contributed by atoms with Crippen molar-refractivity contribution in [1.29, 1.82) is 0 Å². The van der Waals surface area contributed by atoms with E-state index in [4.69, 9.17) is 4.42 Å². The molecule has 0 aliphatic rings. The van der Waals surface area contributed by atoms with E-state index >= 15 is 0 Å². The van der Waals surface area contributed by atoms with Gasteiger partial charge in [-0.2, -0.15) is 0 Å². The second-order valence-electron chi connectivity index (χ2n) is 4.53. The summed E-state index contributed by atoms with van der Waals surface area (Å²) in [7, 11) is 1.98. The zero-order chi connectivity index (χ0) is 13.9. The number of furan rings is 1. The molecule has 0 spiro atoms. The molecule has 0 radical (unpaired) electrons. The van der Waals surface area contributed by atoms with Gasteiger partial charge in [-0.15, -0.1) is 10.2 Å². The summed E-state index contributed by atoms with van der Waals surface area (Å²) in [5.74, 6) is 2.59. The Hall–Kier alpha value is -2.01. The summed E-state index contributed by atoms with van der Waals surface area (Å²) in [6.45, 7) is 1.93. The fourth-order valence-electron chi connectivity index (χ4n) is 2.01. The quantitative estimate of drug-likeness (QED) is 0.686. The van der Waals surface area contributed by atoms with Gasteiger partial charge in [-0.1, -0.05) is 42.1 Å². The van der Waals surface area contributed by atoms with Crippen LogP contribution in [0.5, 0.6) is 0 Å². The van der Waals surface area contributed by atoms with Crippen LogP contribution < -0.4 is 0 Å². The molecule has 2 heterocycles. The van der Waals surface area contributed by atoms with Gasteiger partial charge in [-0.25, -0.2) is 0 Å². The van der Waals surface area contributed by atoms with E-state index in [1.807, 2.05) is 42.8 Å². The van der Waals surface area contributed by atoms with E-state index < -0.39 is 0 Å². The van der Waals surface area contributed by atoms with Gasteiger partial charge in [-0.3, -0.25) is 0 Å². The first-order valence-corrected chi connectivity index (χ1v) is 7.35. The fourth-order valence-corrected chi connectivity index (χ4v) is 2.88. The topological polar surface area (TPSA) is 43.9 Å². The monoisotopic (exact) mass is 285 g/mol. The van der Waals surface area contributed by atoms with E-state index in [-0.39, 0.29) is 0 Å². The molecule has 0 amide bonds. The van der Waals surface area contributed by atoms with Crippen molar-refractivity contribution in [1.82, 2.24) is 14.8 Å². The molecule has 0 saturated heterocycles. The minimum absolute atomic E-state index is 0.840. The lowest BCUT2D eigenvalue weighted by Crippen LogP contribution is -1.95. The van der Waals surface area contributed by atoms with E-state index in [0.717, 1.165) is 28.1 Å². The maximum atomic E-state index is 5.32. The van der Waals surface area contributed by atoms with Gasteiger partial charge in [0, 0.05) is 12.8 Å². The first-order chi connectivity index (χ1) is 9.75. The molecule has 0 fully saturated rings. The van der Waals surface area contributed by atoms with Crippen molar-refractivity contribution in [2.45, 2.75) is 17.8 Å². The molecule has 0 aliphatic carbocycles. The van der Waals surface area contributed by atoms with Crippen molar-refractivity contribution >= 4 is 11.8 Å². The Morgan fingerprint density at radius 1 is 1.15 bits per heavy atom. The normalized spacial score (nSPS) is 10.9. The lowest BCUT2D eigenvalue weighted by atomic mass is 10.2. The number of nitrogens with zero attached hydrogens (tertiary/aromatic N) is 3. The Morgan fingerprint density at radius 3 is 2.65 bits per heavy atom. The lowest BCUT2D eigenvalue weighted by Gasteiger charge is -2.03. The summed E-state index contributed by atoms with van der Waals surface area (Å²) in [5.41, 5.74) is 2.27. The van der Waals surface area contributed by atoms with Gasteiger partial charge in [0.15, 0.2) is 11.0 Å². The van der Waals surface area contributed by atoms with Gasteiger partial charge >= 0.3 is 0 Å². The number of benzene rings is 1. The number of aryl methyl sites for hydroxylation is 1. The molecule has 0 unspecified atom stereocenters. The first-order valence-electron chi connectivity index (χ1n) is 6.36. The fraction of sp³-hybridized carbons (Fsp3) is 0.200. The Bertz CT molecular complexity index is 703. The highest BCUT2D eigenvalue weighted by molar-refractivity contribution is 7.98. The van der Waals surface area contributed by atoms with Gasteiger partial charge in [0.05, 0.1) is 11.8 Å². The van der Waals surface area contributed by atoms with E-state index in [0.29, 0.717) is 0 Å². The second kappa shape index (κ2) is 5.54. The smallest absolute Gasteiger partial charge is 0.191 e. The van der Waals surface area contributed by atoms with Crippen LogP contribution in [0, 0.1) is 6.92 Å². The van der Waals surface area contributed by atoms with Crippen LogP contribution in [-0.2, 0) is 12.8 Å². The maximum absolute atomic E-state index is 5.32. The van der Waals surface area contributed by atoms with Gasteiger partial charge in [0.2, 0.25) is 0 Å². The van der Waals surface area contributed by atoms with Gasteiger partial charge in [-0.05, 0) is 18.6 Å². The molecule has 0 aliphatic heterocycles. The Morgan fingerprint density at radius 2 is 1.95 bits per heavy atom. The van der Waals surface area contributed by atoms with E-state index in [1.165, 1.54) is 5.56 Å². The van der Waals surface area contributed by atoms with Gasteiger partial charge in [0.25, 0.3) is 0 Å². The average Bonchev–Trinajstić information content (AvgIpc) is 3.04. The zero-order valence-corrected chi connectivity index (χ0v) is 12.2. The highest BCUT2D eigenvalue weighted by atomic mass is 32.2. The summed E-state index contributed by atoms with van der Waals surface area (Å²) >= 11 is 1.68. The molecule has 20 heavy (non-hydrogen) atoms. The summed E-state index contributed by atoms with van der Waals surface area (Å²) in [4.78, 5) is 0. The Balaban J connectivity index is 1.79. The molecule has 5 heteroatoms. The van der Waals surface area contributed by atoms with Crippen LogP contribution in [0.1, 0.15) is 11.3 Å². The van der Waals surface area contributed by atoms with Crippen LogP contribution in [0.25, 0.3) is 11.4 Å². The molecule has 2 aromatic heterocycles. The van der Waals surface area contributed by atoms with Crippen LogP contribution in [0.4, 0.5) is 0 Å². The van der Waals surface area contributed by atoms with Gasteiger partial charge in [0.1, 0.15) is 5.76 Å². The number of hydrogen-bond donors (Lipinski definition) is 0. The van der Waals surface area contributed by atoms with E-state index in [2.05, 4.69) is 22.3 Å². The molecule has 1 aromatic carbocycles. The molecule has 0 atom stereocenters. The lowest BCUT2D eigenvalue weighted by molar-refractivity contribution is 0.534. The molecule has 0 N–H and O–H groups in total. The highest BCUT2D eigenvalue weighted by Crippen LogP contribution is 2.27. The number of rotatable bonds is 4. The largest absolute Gasteiger partial charge is 0.469 e. The molecule has 0 bridgehead atoms. The Kier molecular flexibility index (Phi) is 3.60. The molecule has 3 rings (SSSR count). The van der Waals surface area contributed by atoms with Crippen LogP contribution >= 0.6 is 11.8 Å². The van der Waals surface area contributed by atoms with Crippen molar-refractivity contribution < 1.29 is 4.42 Å². The first kappa shape index (κ1) is 13.0. The predicted octanol–water partition coefficient (Wildman–Crippen LogP) is 3.68. The third kappa shape index (κ3) is 2.49. The number of aromatic nitrogens is 3. The molecule has 102 valence electrons. The van der Waals surface area contributed by atoms with Crippen molar-refractivity contribution in [2.24, 2.45) is 7.05 Å². The molecule has 0 saturated carbocycles. The molecular formula is C15H15N3OS. The minimum Gasteiger partial charge on any atom is -0.469 e. The third-order valence-corrected chi connectivity index (χ3v) is 4.24. The summed E-state index contributed by atoms with van der Waals surface area (Å²) in [6.07, 6.45) is 1.68. The van der Waals surface area contributed by atoms with Gasteiger partial charge < -0.3 is 8.98 Å². The third-order valence-electron chi connectivity index (χ3n) is 3.15. The van der Waals surface area contributed by atoms with Crippen LogP contribution in [0.2, 0.25) is 0 Å². The number of thioether (sulfide) groups is 1. The summed E-state index contributed by atoms with van der Waals surface area (Å²) in [6, 6.07) is 12.3. The van der Waals surface area contributed by atoms with Crippen LogP contribution in [0.15, 0.2) is 52.2 Å². The number of hydrogen-bond acceptors (Lipinski definition) is 4. The van der Waals surface area contributed by atoms with Crippen molar-refractivity contribution in [3.05, 3.63) is 54.0 Å². The van der Waals surface area contributed by atoms with Crippen molar-refractivity contribution in [3.8, 4) is 11.4 Å². The van der Waals surface area contributed by atoms with Crippen molar-refractivity contribution in [2.75, 3.05) is 0 Å². The zero-order valence-electron chi connectivity index (χ0n) is 11.4. The SMILES string of the molecule is Cc1occc1-c1nnc(SCc2ccccc2)n1C. The standard InChI is InChI=1S/C15H15N3OS/c1-11-13(8-9-19-11)14-16-17-15(18(14)2)20-10-12-6-4-3-5-7-12/h3-9H,10H2,1-2H3. The van der Waals surface area contributed by atoms with Crippen molar-refractivity contribution in [3.63, 3.8) is 0 Å². The molecule has 4 nitrogen and oxygen atoms in total. The van der Waals surface area contributed by atoms with E-state index in [1.54, 1.807) is 18.0 Å². The average molecular weight is 285 g/mol.